The van der Waals surface area contributed by atoms with Crippen LogP contribution in [0.25, 0.3) is 21.1 Å². The maximum atomic E-state index is 11.2. The molecule has 0 aliphatic carbocycles. The lowest BCUT2D eigenvalue weighted by atomic mass is 10.1. The molecule has 0 aliphatic rings. The lowest BCUT2D eigenvalue weighted by Gasteiger charge is -1.99. The van der Waals surface area contributed by atoms with Crippen molar-refractivity contribution in [2.24, 2.45) is 0 Å². The van der Waals surface area contributed by atoms with Gasteiger partial charge in [0.15, 0.2) is 5.01 Å². The van der Waals surface area contributed by atoms with E-state index in [4.69, 9.17) is 0 Å². The molecule has 0 atom stereocenters. The Balaban J connectivity index is 2.07. The first-order valence-corrected chi connectivity index (χ1v) is 8.09. The summed E-state index contributed by atoms with van der Waals surface area (Å²) in [5.74, 6) is 0. The van der Waals surface area contributed by atoms with Crippen molar-refractivity contribution in [3.63, 3.8) is 0 Å². The molecular formula is C14H7BrN4O4S. The Bertz CT molecular complexity index is 959. The van der Waals surface area contributed by atoms with Crippen LogP contribution in [0.1, 0.15) is 0 Å². The summed E-state index contributed by atoms with van der Waals surface area (Å²) in [6.45, 7) is 0. The van der Waals surface area contributed by atoms with Crippen LogP contribution in [0.2, 0.25) is 0 Å². The van der Waals surface area contributed by atoms with Gasteiger partial charge in [-0.1, -0.05) is 39.4 Å². The molecular weight excluding hydrogens is 400 g/mol. The standard InChI is InChI=1S/C14H7BrN4O4S/c15-9-3-1-2-8(6-9)13-16-17-14(24-13)11-5-4-10(18(20)21)7-12(11)19(22)23/h1-7H. The minimum Gasteiger partial charge on any atom is -0.258 e. The third-order valence-electron chi connectivity index (χ3n) is 3.12. The van der Waals surface area contributed by atoms with Crippen molar-refractivity contribution < 1.29 is 9.85 Å². The van der Waals surface area contributed by atoms with Gasteiger partial charge in [-0.15, -0.1) is 10.2 Å². The van der Waals surface area contributed by atoms with E-state index >= 15 is 0 Å². The first-order valence-electron chi connectivity index (χ1n) is 6.48. The third-order valence-corrected chi connectivity index (χ3v) is 4.61. The van der Waals surface area contributed by atoms with Gasteiger partial charge < -0.3 is 0 Å². The van der Waals surface area contributed by atoms with E-state index in [-0.39, 0.29) is 16.9 Å². The molecule has 1 heterocycles. The maximum absolute atomic E-state index is 11.2. The minimum absolute atomic E-state index is 0.198. The van der Waals surface area contributed by atoms with Crippen LogP contribution in [0.4, 0.5) is 11.4 Å². The van der Waals surface area contributed by atoms with Crippen LogP contribution in [0.3, 0.4) is 0 Å². The molecule has 3 aromatic rings. The normalized spacial score (nSPS) is 10.5. The summed E-state index contributed by atoms with van der Waals surface area (Å²) in [6, 6.07) is 10.9. The van der Waals surface area contributed by atoms with Crippen molar-refractivity contribution in [3.8, 4) is 21.1 Å². The lowest BCUT2D eigenvalue weighted by molar-refractivity contribution is -0.393. The van der Waals surface area contributed by atoms with Gasteiger partial charge in [0.2, 0.25) is 0 Å². The second-order valence-electron chi connectivity index (χ2n) is 4.64. The molecule has 8 nitrogen and oxygen atoms in total. The number of benzene rings is 2. The van der Waals surface area contributed by atoms with Gasteiger partial charge in [0, 0.05) is 16.1 Å². The Hall–Kier alpha value is -2.72. The summed E-state index contributed by atoms with van der Waals surface area (Å²) in [5.41, 5.74) is 0.297. The van der Waals surface area contributed by atoms with Crippen LogP contribution in [0, 0.1) is 20.2 Å². The number of hydrogen-bond donors (Lipinski definition) is 0. The highest BCUT2D eigenvalue weighted by atomic mass is 79.9. The monoisotopic (exact) mass is 406 g/mol. The highest BCUT2D eigenvalue weighted by Crippen LogP contribution is 2.37. The van der Waals surface area contributed by atoms with Crippen LogP contribution < -0.4 is 0 Å². The molecule has 0 aliphatic heterocycles. The smallest absolute Gasteiger partial charge is 0.258 e. The molecule has 0 spiro atoms. The molecule has 0 N–H and O–H groups in total. The molecule has 0 radical (unpaired) electrons. The molecule has 120 valence electrons. The van der Waals surface area contributed by atoms with E-state index in [1.807, 2.05) is 24.3 Å². The highest BCUT2D eigenvalue weighted by Gasteiger charge is 2.23. The molecule has 0 bridgehead atoms. The number of halogens is 1. The van der Waals surface area contributed by atoms with E-state index in [2.05, 4.69) is 26.1 Å². The van der Waals surface area contributed by atoms with Gasteiger partial charge in [0.05, 0.1) is 21.5 Å². The predicted molar refractivity (Wildman–Crippen MR) is 91.8 cm³/mol. The zero-order valence-corrected chi connectivity index (χ0v) is 14.2. The van der Waals surface area contributed by atoms with E-state index in [1.54, 1.807) is 0 Å². The Morgan fingerprint density at radius 1 is 0.958 bits per heavy atom. The van der Waals surface area contributed by atoms with Crippen molar-refractivity contribution in [1.82, 2.24) is 10.2 Å². The molecule has 2 aromatic carbocycles. The summed E-state index contributed by atoms with van der Waals surface area (Å²) in [4.78, 5) is 20.7. The predicted octanol–water partition coefficient (Wildman–Crippen LogP) is 4.45. The first-order chi connectivity index (χ1) is 11.5. The Labute approximate surface area is 147 Å². The number of nitro benzene ring substituents is 2. The summed E-state index contributed by atoms with van der Waals surface area (Å²) in [7, 11) is 0. The van der Waals surface area contributed by atoms with E-state index in [1.165, 1.54) is 23.5 Å². The molecule has 10 heteroatoms. The topological polar surface area (TPSA) is 112 Å². The number of nitrogens with zero attached hydrogens (tertiary/aromatic N) is 4. The summed E-state index contributed by atoms with van der Waals surface area (Å²) >= 11 is 4.54. The van der Waals surface area contributed by atoms with Crippen LogP contribution in [-0.4, -0.2) is 20.0 Å². The fourth-order valence-electron chi connectivity index (χ4n) is 2.04. The number of non-ortho nitro benzene ring substituents is 1. The average Bonchev–Trinajstić information content (AvgIpc) is 3.04. The second kappa shape index (κ2) is 6.42. The zero-order valence-electron chi connectivity index (χ0n) is 11.7. The van der Waals surface area contributed by atoms with Gasteiger partial charge in [-0.2, -0.15) is 0 Å². The number of hydrogen-bond acceptors (Lipinski definition) is 7. The van der Waals surface area contributed by atoms with Gasteiger partial charge in [0.25, 0.3) is 11.4 Å². The first kappa shape index (κ1) is 16.1. The molecule has 0 fully saturated rings. The van der Waals surface area contributed by atoms with E-state index in [9.17, 15) is 20.2 Å². The van der Waals surface area contributed by atoms with Crippen LogP contribution >= 0.6 is 27.3 Å². The molecule has 24 heavy (non-hydrogen) atoms. The molecule has 1 aromatic heterocycles. The van der Waals surface area contributed by atoms with E-state index < -0.39 is 9.85 Å². The SMILES string of the molecule is O=[N+]([O-])c1ccc(-c2nnc(-c3cccc(Br)c3)s2)c([N+](=O)[O-])c1. The van der Waals surface area contributed by atoms with Gasteiger partial charge in [-0.25, -0.2) is 0 Å². The second-order valence-corrected chi connectivity index (χ2v) is 6.53. The van der Waals surface area contributed by atoms with Gasteiger partial charge in [-0.3, -0.25) is 20.2 Å². The van der Waals surface area contributed by atoms with Gasteiger partial charge in [-0.05, 0) is 18.2 Å². The maximum Gasteiger partial charge on any atom is 0.286 e. The third kappa shape index (κ3) is 3.14. The van der Waals surface area contributed by atoms with Crippen LogP contribution in [-0.2, 0) is 0 Å². The molecule has 0 saturated carbocycles. The van der Waals surface area contributed by atoms with Crippen molar-refractivity contribution in [3.05, 3.63) is 67.2 Å². The number of nitro groups is 2. The van der Waals surface area contributed by atoms with Crippen LogP contribution in [0.5, 0.6) is 0 Å². The van der Waals surface area contributed by atoms with Gasteiger partial charge in [0.1, 0.15) is 5.01 Å². The van der Waals surface area contributed by atoms with E-state index in [0.717, 1.165) is 16.1 Å². The molecule has 0 unspecified atom stereocenters. The lowest BCUT2D eigenvalue weighted by Crippen LogP contribution is -1.95. The summed E-state index contributed by atoms with van der Waals surface area (Å²) < 4.78 is 0.873. The summed E-state index contributed by atoms with van der Waals surface area (Å²) in [5, 5.41) is 31.0. The zero-order chi connectivity index (χ0) is 17.3. The molecule has 3 rings (SSSR count). The Morgan fingerprint density at radius 2 is 1.71 bits per heavy atom. The average molecular weight is 407 g/mol. The fraction of sp³-hybridized carbons (Fsp3) is 0. The van der Waals surface area contributed by atoms with Gasteiger partial charge >= 0.3 is 0 Å². The van der Waals surface area contributed by atoms with Crippen molar-refractivity contribution >= 4 is 38.6 Å². The van der Waals surface area contributed by atoms with Crippen molar-refractivity contribution in [2.75, 3.05) is 0 Å². The Morgan fingerprint density at radius 3 is 2.38 bits per heavy atom. The van der Waals surface area contributed by atoms with E-state index in [0.29, 0.717) is 10.0 Å². The fourth-order valence-corrected chi connectivity index (χ4v) is 3.31. The quantitative estimate of drug-likeness (QED) is 0.467. The van der Waals surface area contributed by atoms with Crippen molar-refractivity contribution in [2.45, 2.75) is 0 Å². The number of rotatable bonds is 4. The largest absolute Gasteiger partial charge is 0.286 e. The minimum atomic E-state index is -0.677. The molecule has 0 amide bonds. The Kier molecular flexibility index (Phi) is 4.32. The van der Waals surface area contributed by atoms with Crippen LogP contribution in [0.15, 0.2) is 46.9 Å². The number of aromatic nitrogens is 2. The molecule has 0 saturated heterocycles. The summed E-state index contributed by atoms with van der Waals surface area (Å²) in [6.07, 6.45) is 0. The van der Waals surface area contributed by atoms with Crippen molar-refractivity contribution in [1.29, 1.82) is 0 Å². The highest BCUT2D eigenvalue weighted by molar-refractivity contribution is 9.10.